The Morgan fingerprint density at radius 3 is 2.27 bits per heavy atom. The van der Waals surface area contributed by atoms with E-state index in [0.29, 0.717) is 40.3 Å². The predicted octanol–water partition coefficient (Wildman–Crippen LogP) is 3.51. The second-order valence-electron chi connectivity index (χ2n) is 9.24. The number of ether oxygens (including phenoxy) is 2. The second-order valence-corrected chi connectivity index (χ2v) is 9.24. The molecule has 5 aliphatic rings. The fraction of sp³-hybridized carbons (Fsp3) is 0.346. The van der Waals surface area contributed by atoms with Crippen LogP contribution in [0.1, 0.15) is 16.8 Å². The molecule has 3 amide bonds. The third kappa shape index (κ3) is 2.91. The molecule has 0 radical (unpaired) electrons. The largest absolute Gasteiger partial charge is 0.497 e. The molecule has 7 rings (SSSR count). The molecule has 0 spiro atoms. The summed E-state index contributed by atoms with van der Waals surface area (Å²) in [7, 11) is 3.07. The van der Waals surface area contributed by atoms with Crippen LogP contribution in [0.3, 0.4) is 0 Å². The van der Waals surface area contributed by atoms with Gasteiger partial charge in [-0.3, -0.25) is 14.4 Å². The van der Waals surface area contributed by atoms with Gasteiger partial charge in [0.05, 0.1) is 37.4 Å². The van der Waals surface area contributed by atoms with Gasteiger partial charge in [0.15, 0.2) is 0 Å². The highest BCUT2D eigenvalue weighted by Crippen LogP contribution is 2.65. The molecule has 7 nitrogen and oxygen atoms in total. The zero-order valence-electron chi connectivity index (χ0n) is 18.4. The van der Waals surface area contributed by atoms with Crippen LogP contribution in [-0.4, -0.2) is 31.9 Å². The number of nitrogens with one attached hydrogen (secondary N) is 1. The quantitative estimate of drug-likeness (QED) is 0.564. The topological polar surface area (TPSA) is 84.9 Å². The summed E-state index contributed by atoms with van der Waals surface area (Å²) < 4.78 is 10.5. The monoisotopic (exact) mass is 444 g/mol. The Kier molecular flexibility index (Phi) is 4.37. The van der Waals surface area contributed by atoms with Crippen LogP contribution in [-0.2, 0) is 9.59 Å². The average molecular weight is 444 g/mol. The summed E-state index contributed by atoms with van der Waals surface area (Å²) >= 11 is 0. The van der Waals surface area contributed by atoms with Gasteiger partial charge < -0.3 is 14.8 Å². The molecule has 4 aliphatic carbocycles. The third-order valence-corrected chi connectivity index (χ3v) is 7.69. The standard InChI is InChI=1S/C26H24N2O5/c1-32-15-6-9-20(21(11-15)33-2)27-24(29)13-4-3-5-14(10-13)28-25(30)22-16-7-8-17(19-12-18(16)19)23(22)26(28)31/h3-11,16-19,22-23H,12H2,1-2H3,(H,27,29)/t16-,17-,18-,19+,22-,23+/m0/s1. The molecule has 0 unspecified atom stereocenters. The molecule has 33 heavy (non-hydrogen) atoms. The lowest BCUT2D eigenvalue weighted by Gasteiger charge is -2.37. The second kappa shape index (κ2) is 7.20. The number of allylic oxidation sites excluding steroid dienone is 2. The Morgan fingerprint density at radius 1 is 0.939 bits per heavy atom. The summed E-state index contributed by atoms with van der Waals surface area (Å²) in [5, 5.41) is 2.84. The molecule has 1 heterocycles. The van der Waals surface area contributed by atoms with Gasteiger partial charge in [-0.15, -0.1) is 0 Å². The Labute approximate surface area is 191 Å². The predicted molar refractivity (Wildman–Crippen MR) is 121 cm³/mol. The van der Waals surface area contributed by atoms with Crippen molar-refractivity contribution in [2.75, 3.05) is 24.4 Å². The minimum Gasteiger partial charge on any atom is -0.497 e. The molecule has 6 atom stereocenters. The van der Waals surface area contributed by atoms with E-state index in [1.165, 1.54) is 12.0 Å². The van der Waals surface area contributed by atoms with Gasteiger partial charge in [-0.1, -0.05) is 18.2 Å². The first-order chi connectivity index (χ1) is 16.0. The zero-order chi connectivity index (χ0) is 22.9. The first-order valence-corrected chi connectivity index (χ1v) is 11.2. The zero-order valence-corrected chi connectivity index (χ0v) is 18.4. The van der Waals surface area contributed by atoms with Crippen LogP contribution >= 0.6 is 0 Å². The van der Waals surface area contributed by atoms with Crippen LogP contribution in [0.4, 0.5) is 11.4 Å². The van der Waals surface area contributed by atoms with Gasteiger partial charge in [0.1, 0.15) is 11.5 Å². The summed E-state index contributed by atoms with van der Waals surface area (Å²) in [6.07, 6.45) is 5.43. The summed E-state index contributed by atoms with van der Waals surface area (Å²) in [6, 6.07) is 11.8. The Morgan fingerprint density at radius 2 is 1.64 bits per heavy atom. The third-order valence-electron chi connectivity index (χ3n) is 7.69. The summed E-state index contributed by atoms with van der Waals surface area (Å²) in [4.78, 5) is 41.0. The Balaban J connectivity index is 1.26. The van der Waals surface area contributed by atoms with Crippen LogP contribution in [0.2, 0.25) is 0 Å². The molecule has 1 saturated heterocycles. The number of carbonyl (C=O) groups excluding carboxylic acids is 3. The number of methoxy groups -OCH3 is 2. The maximum atomic E-state index is 13.4. The molecule has 2 aromatic rings. The molecule has 2 aromatic carbocycles. The first kappa shape index (κ1) is 20.0. The lowest BCUT2D eigenvalue weighted by Crippen LogP contribution is -2.40. The van der Waals surface area contributed by atoms with Gasteiger partial charge in [-0.05, 0) is 60.4 Å². The number of amides is 3. The van der Waals surface area contributed by atoms with Crippen LogP contribution in [0, 0.1) is 35.5 Å². The van der Waals surface area contributed by atoms with Gasteiger partial charge in [0.25, 0.3) is 5.91 Å². The lowest BCUT2D eigenvalue weighted by atomic mass is 9.63. The number of hydrogen-bond donors (Lipinski definition) is 1. The smallest absolute Gasteiger partial charge is 0.255 e. The number of rotatable bonds is 5. The number of nitrogens with zero attached hydrogens (tertiary/aromatic N) is 1. The number of benzene rings is 2. The van der Waals surface area contributed by atoms with Gasteiger partial charge in [-0.2, -0.15) is 0 Å². The summed E-state index contributed by atoms with van der Waals surface area (Å²) in [5.41, 5.74) is 1.29. The van der Waals surface area contributed by atoms with Crippen molar-refractivity contribution in [1.82, 2.24) is 0 Å². The SMILES string of the molecule is COc1ccc(NC(=O)c2cccc(N3C(=O)[C@@H]4[C@H]5C=C[C@@H]([C@@H]6C[C@H]56)[C@@H]4C3=O)c2)c(OC)c1. The summed E-state index contributed by atoms with van der Waals surface area (Å²) in [5.74, 6) is 1.35. The number of imide groups is 1. The molecule has 1 N–H and O–H groups in total. The highest BCUT2D eigenvalue weighted by molar-refractivity contribution is 6.23. The highest BCUT2D eigenvalue weighted by Gasteiger charge is 2.67. The van der Waals surface area contributed by atoms with Crippen LogP contribution < -0.4 is 19.7 Å². The van der Waals surface area contributed by atoms with E-state index in [4.69, 9.17) is 9.47 Å². The Hall–Kier alpha value is -3.61. The fourth-order valence-electron chi connectivity index (χ4n) is 6.09. The highest BCUT2D eigenvalue weighted by atomic mass is 16.5. The van der Waals surface area contributed by atoms with Gasteiger partial charge >= 0.3 is 0 Å². The van der Waals surface area contributed by atoms with Crippen LogP contribution in [0.25, 0.3) is 0 Å². The molecular weight excluding hydrogens is 420 g/mol. The van der Waals surface area contributed by atoms with E-state index < -0.39 is 0 Å². The van der Waals surface area contributed by atoms with E-state index in [1.807, 2.05) is 0 Å². The maximum absolute atomic E-state index is 13.4. The molecule has 2 saturated carbocycles. The molecule has 1 aliphatic heterocycles. The van der Waals surface area contributed by atoms with E-state index in [1.54, 1.807) is 49.6 Å². The molecule has 7 heteroatoms. The van der Waals surface area contributed by atoms with E-state index in [-0.39, 0.29) is 41.4 Å². The van der Waals surface area contributed by atoms with Crippen molar-refractivity contribution in [2.24, 2.45) is 35.5 Å². The molecular formula is C26H24N2O5. The minimum atomic E-state index is -0.361. The molecule has 2 bridgehead atoms. The van der Waals surface area contributed by atoms with Crippen molar-refractivity contribution in [2.45, 2.75) is 6.42 Å². The normalized spacial score (nSPS) is 30.7. The van der Waals surface area contributed by atoms with Crippen LogP contribution in [0.5, 0.6) is 11.5 Å². The van der Waals surface area contributed by atoms with Crippen molar-refractivity contribution in [3.05, 3.63) is 60.2 Å². The van der Waals surface area contributed by atoms with Crippen molar-refractivity contribution < 1.29 is 23.9 Å². The maximum Gasteiger partial charge on any atom is 0.255 e. The number of hydrogen-bond acceptors (Lipinski definition) is 5. The van der Waals surface area contributed by atoms with Gasteiger partial charge in [0, 0.05) is 11.6 Å². The molecule has 3 fully saturated rings. The van der Waals surface area contributed by atoms with Crippen molar-refractivity contribution in [3.63, 3.8) is 0 Å². The molecule has 168 valence electrons. The van der Waals surface area contributed by atoms with Gasteiger partial charge in [0.2, 0.25) is 11.8 Å². The Bertz CT molecular complexity index is 1180. The summed E-state index contributed by atoms with van der Waals surface area (Å²) in [6.45, 7) is 0. The molecule has 0 aromatic heterocycles. The van der Waals surface area contributed by atoms with Crippen molar-refractivity contribution in [1.29, 1.82) is 0 Å². The van der Waals surface area contributed by atoms with E-state index in [9.17, 15) is 14.4 Å². The minimum absolute atomic E-state index is 0.135. The number of carbonyl (C=O) groups is 3. The number of anilines is 2. The van der Waals surface area contributed by atoms with E-state index in [0.717, 1.165) is 6.42 Å². The average Bonchev–Trinajstić information content (AvgIpc) is 3.62. The van der Waals surface area contributed by atoms with E-state index in [2.05, 4.69) is 17.5 Å². The fourth-order valence-corrected chi connectivity index (χ4v) is 6.09. The first-order valence-electron chi connectivity index (χ1n) is 11.2. The van der Waals surface area contributed by atoms with Crippen molar-refractivity contribution in [3.8, 4) is 11.5 Å². The lowest BCUT2D eigenvalue weighted by molar-refractivity contribution is -0.124. The van der Waals surface area contributed by atoms with Crippen molar-refractivity contribution >= 4 is 29.1 Å². The van der Waals surface area contributed by atoms with Gasteiger partial charge in [-0.25, -0.2) is 4.90 Å². The van der Waals surface area contributed by atoms with E-state index >= 15 is 0 Å². The van der Waals surface area contributed by atoms with Crippen LogP contribution in [0.15, 0.2) is 54.6 Å².